The van der Waals surface area contributed by atoms with Gasteiger partial charge in [0, 0.05) is 0 Å². The van der Waals surface area contributed by atoms with Gasteiger partial charge in [0.25, 0.3) is 0 Å². The molecule has 1 unspecified atom stereocenters. The monoisotopic (exact) mass is 427 g/mol. The molecule has 1 atom stereocenters. The summed E-state index contributed by atoms with van der Waals surface area (Å²) < 4.78 is 3.84. The Morgan fingerprint density at radius 1 is 0.957 bits per heavy atom. The Morgan fingerprint density at radius 2 is 1.61 bits per heavy atom. The van der Waals surface area contributed by atoms with Gasteiger partial charge in [0.1, 0.15) is 0 Å². The van der Waals surface area contributed by atoms with Gasteiger partial charge in [0.05, 0.1) is 0 Å². The van der Waals surface area contributed by atoms with Gasteiger partial charge >= 0.3 is 141 Å². The van der Waals surface area contributed by atoms with Crippen molar-refractivity contribution in [2.75, 3.05) is 0 Å². The van der Waals surface area contributed by atoms with Crippen LogP contribution in [0.15, 0.2) is 43.8 Å². The summed E-state index contributed by atoms with van der Waals surface area (Å²) >= 11 is -0.549. The Balaban J connectivity index is 0.00000132. The molecule has 3 rings (SSSR count). The molecule has 0 aromatic rings. The Morgan fingerprint density at radius 3 is 2.17 bits per heavy atom. The molecule has 0 amide bonds. The third-order valence-electron chi connectivity index (χ3n) is 5.92. The summed E-state index contributed by atoms with van der Waals surface area (Å²) in [6.45, 7) is 9.65. The first-order chi connectivity index (χ1) is 10.0. The minimum Gasteiger partial charge on any atom is -1.00 e. The largest absolute Gasteiger partial charge is 1.00 e. The molecule has 3 heteroatoms. The van der Waals surface area contributed by atoms with E-state index in [2.05, 4.69) is 45.9 Å². The SMILES string of the molecule is CC1=C(C)C(C)(C2=CC=CC2)[C]([Zr+2]=[C]2CCCCC2)=C1C.[Cl-].[Cl-]. The first-order valence-corrected chi connectivity index (χ1v) is 10.9. The average Bonchev–Trinajstić information content (AvgIpc) is 3.09. The normalized spacial score (nSPS) is 26.8. The number of allylic oxidation sites excluding steroid dienone is 8. The molecule has 0 heterocycles. The van der Waals surface area contributed by atoms with Crippen molar-refractivity contribution < 1.29 is 47.6 Å². The maximum atomic E-state index is 2.51. The molecule has 0 aliphatic heterocycles. The van der Waals surface area contributed by atoms with E-state index in [4.69, 9.17) is 0 Å². The fourth-order valence-electron chi connectivity index (χ4n) is 4.12. The fraction of sp³-hybridized carbons (Fsp3) is 0.550. The molecule has 1 saturated carbocycles. The molecule has 3 aliphatic rings. The second-order valence-corrected chi connectivity index (χ2v) is 10.6. The van der Waals surface area contributed by atoms with Crippen molar-refractivity contribution in [3.05, 3.63) is 43.8 Å². The van der Waals surface area contributed by atoms with Crippen LogP contribution in [0.25, 0.3) is 0 Å². The van der Waals surface area contributed by atoms with Crippen LogP contribution in [0.3, 0.4) is 0 Å². The molecule has 0 spiro atoms. The predicted molar refractivity (Wildman–Crippen MR) is 89.1 cm³/mol. The molecule has 125 valence electrons. The Bertz CT molecular complexity index is 612. The minimum absolute atomic E-state index is 0. The fourth-order valence-corrected chi connectivity index (χ4v) is 8.87. The zero-order valence-corrected chi connectivity index (χ0v) is 18.7. The standard InChI is InChI=1S/C14H17.C6H10.2ClH.Zr/c1-10-9-14(4,12(3)11(10)2)13-7-5-6-8-13;1-2-4-6-5-3-1;;;/h5-7H,8H2,1-4H3;1-5H2;2*1H;/q;;;;+2/p-2. The number of hydrogen-bond donors (Lipinski definition) is 0. The molecule has 0 bridgehead atoms. The van der Waals surface area contributed by atoms with Crippen molar-refractivity contribution in [3.63, 3.8) is 0 Å². The molecule has 23 heavy (non-hydrogen) atoms. The number of halogens is 2. The molecule has 0 N–H and O–H groups in total. The van der Waals surface area contributed by atoms with Gasteiger partial charge in [-0.2, -0.15) is 0 Å². The maximum Gasteiger partial charge on any atom is -1.00 e. The number of rotatable bonds is 2. The number of hydrogen-bond acceptors (Lipinski definition) is 0. The van der Waals surface area contributed by atoms with Crippen LogP contribution in [0.1, 0.15) is 66.2 Å². The smallest absolute Gasteiger partial charge is 1.00 e. The van der Waals surface area contributed by atoms with Crippen LogP contribution >= 0.6 is 0 Å². The van der Waals surface area contributed by atoms with E-state index < -0.39 is 22.8 Å². The summed E-state index contributed by atoms with van der Waals surface area (Å²) in [6, 6.07) is 0. The molecule has 1 fully saturated rings. The molecule has 0 nitrogen and oxygen atoms in total. The van der Waals surface area contributed by atoms with Crippen LogP contribution in [-0.2, 0) is 22.8 Å². The Labute approximate surface area is 165 Å². The van der Waals surface area contributed by atoms with Crippen LogP contribution in [0.5, 0.6) is 0 Å². The zero-order chi connectivity index (χ0) is 15.0. The molecule has 0 aromatic heterocycles. The van der Waals surface area contributed by atoms with Crippen LogP contribution < -0.4 is 24.8 Å². The molecular weight excluding hydrogens is 402 g/mol. The third kappa shape index (κ3) is 3.78. The van der Waals surface area contributed by atoms with Gasteiger partial charge in [-0.3, -0.25) is 0 Å². The summed E-state index contributed by atoms with van der Waals surface area (Å²) in [6.07, 6.45) is 15.4. The summed E-state index contributed by atoms with van der Waals surface area (Å²) in [5, 5.41) is 0. The van der Waals surface area contributed by atoms with Crippen molar-refractivity contribution in [1.29, 1.82) is 0 Å². The summed E-state index contributed by atoms with van der Waals surface area (Å²) in [5.74, 6) is 0. The molecule has 0 saturated heterocycles. The van der Waals surface area contributed by atoms with Crippen LogP contribution in [-0.4, -0.2) is 3.21 Å². The molecule has 3 aliphatic carbocycles. The van der Waals surface area contributed by atoms with Gasteiger partial charge in [-0.25, -0.2) is 0 Å². The van der Waals surface area contributed by atoms with E-state index in [1.54, 1.807) is 22.3 Å². The molecule has 0 aromatic carbocycles. The first kappa shape index (κ1) is 21.3. The second-order valence-electron chi connectivity index (χ2n) is 6.99. The summed E-state index contributed by atoms with van der Waals surface area (Å²) in [4.78, 5) is 0. The maximum absolute atomic E-state index is 2.51. The van der Waals surface area contributed by atoms with E-state index in [-0.39, 0.29) is 30.2 Å². The first-order valence-electron chi connectivity index (χ1n) is 8.42. The van der Waals surface area contributed by atoms with Crippen molar-refractivity contribution in [1.82, 2.24) is 0 Å². The quantitative estimate of drug-likeness (QED) is 0.567. The van der Waals surface area contributed by atoms with Crippen molar-refractivity contribution in [2.24, 2.45) is 5.41 Å². The van der Waals surface area contributed by atoms with E-state index in [1.165, 1.54) is 32.1 Å². The Hall–Kier alpha value is 0.293. The third-order valence-corrected chi connectivity index (χ3v) is 10.8. The average molecular weight is 430 g/mol. The summed E-state index contributed by atoms with van der Waals surface area (Å²) in [5.41, 5.74) is 6.75. The van der Waals surface area contributed by atoms with E-state index in [0.717, 1.165) is 6.42 Å². The zero-order valence-electron chi connectivity index (χ0n) is 14.7. The predicted octanol–water partition coefficient (Wildman–Crippen LogP) is -0.270. The molecule has 0 radical (unpaired) electrons. The van der Waals surface area contributed by atoms with Crippen molar-refractivity contribution in [3.8, 4) is 0 Å². The van der Waals surface area contributed by atoms with Gasteiger partial charge in [-0.1, -0.05) is 0 Å². The van der Waals surface area contributed by atoms with Gasteiger partial charge in [0.2, 0.25) is 0 Å². The molecular formula is C20H27Cl2Zr. The second kappa shape index (κ2) is 8.59. The van der Waals surface area contributed by atoms with Crippen LogP contribution in [0, 0.1) is 5.41 Å². The van der Waals surface area contributed by atoms with Crippen LogP contribution in [0.2, 0.25) is 0 Å². The van der Waals surface area contributed by atoms with Crippen molar-refractivity contribution >= 4 is 3.21 Å². The van der Waals surface area contributed by atoms with Gasteiger partial charge < -0.3 is 24.8 Å². The van der Waals surface area contributed by atoms with Crippen molar-refractivity contribution in [2.45, 2.75) is 66.2 Å². The van der Waals surface area contributed by atoms with Gasteiger partial charge in [-0.15, -0.1) is 0 Å². The van der Waals surface area contributed by atoms with Crippen LogP contribution in [0.4, 0.5) is 0 Å². The topological polar surface area (TPSA) is 0 Å². The van der Waals surface area contributed by atoms with E-state index in [0.29, 0.717) is 0 Å². The van der Waals surface area contributed by atoms with Gasteiger partial charge in [0.15, 0.2) is 0 Å². The minimum atomic E-state index is -0.549. The Kier molecular flexibility index (Phi) is 7.97. The summed E-state index contributed by atoms with van der Waals surface area (Å²) in [7, 11) is 0. The van der Waals surface area contributed by atoms with Gasteiger partial charge in [-0.05, 0) is 0 Å². The van der Waals surface area contributed by atoms with E-state index >= 15 is 0 Å². The van der Waals surface area contributed by atoms with E-state index in [9.17, 15) is 0 Å². The van der Waals surface area contributed by atoms with E-state index in [1.807, 2.05) is 6.49 Å².